The Hall–Kier alpha value is -2.61. The molecule has 31 heavy (non-hydrogen) atoms. The van der Waals surface area contributed by atoms with Crippen LogP contribution in [0, 0.1) is 6.92 Å². The van der Waals surface area contributed by atoms with Gasteiger partial charge in [0.1, 0.15) is 11.2 Å². The predicted octanol–water partition coefficient (Wildman–Crippen LogP) is 3.33. The number of sulfone groups is 1. The maximum absolute atomic E-state index is 12.8. The number of rotatable bonds is 3. The second kappa shape index (κ2) is 7.22. The van der Waals surface area contributed by atoms with Crippen LogP contribution in [0.25, 0.3) is 21.9 Å². The van der Waals surface area contributed by atoms with E-state index in [0.29, 0.717) is 28.7 Å². The van der Waals surface area contributed by atoms with Crippen LogP contribution < -0.4 is 5.63 Å². The first-order chi connectivity index (χ1) is 14.4. The molecular formula is C23H27NO6S. The molecule has 3 heterocycles. The van der Waals surface area contributed by atoms with Crippen LogP contribution in [0.3, 0.4) is 0 Å². The minimum atomic E-state index is -3.11. The molecule has 0 bridgehead atoms. The molecule has 1 saturated heterocycles. The van der Waals surface area contributed by atoms with Gasteiger partial charge in [-0.15, -0.1) is 0 Å². The van der Waals surface area contributed by atoms with Gasteiger partial charge in [-0.25, -0.2) is 13.2 Å². The van der Waals surface area contributed by atoms with Gasteiger partial charge in [-0.2, -0.15) is 0 Å². The molecule has 0 radical (unpaired) electrons. The number of hydrogen-bond acceptors (Lipinski definition) is 6. The fourth-order valence-corrected chi connectivity index (χ4v) is 6.03. The fourth-order valence-electron chi connectivity index (χ4n) is 4.26. The normalized spacial score (nSPS) is 18.7. The van der Waals surface area contributed by atoms with Crippen molar-refractivity contribution in [3.05, 3.63) is 45.5 Å². The van der Waals surface area contributed by atoms with Crippen molar-refractivity contribution in [1.82, 2.24) is 4.90 Å². The van der Waals surface area contributed by atoms with Crippen molar-refractivity contribution < 1.29 is 22.0 Å². The summed E-state index contributed by atoms with van der Waals surface area (Å²) in [4.78, 5) is 27.0. The van der Waals surface area contributed by atoms with Crippen molar-refractivity contribution in [3.63, 3.8) is 0 Å². The van der Waals surface area contributed by atoms with Crippen molar-refractivity contribution in [2.75, 3.05) is 18.6 Å². The van der Waals surface area contributed by atoms with E-state index in [2.05, 4.69) is 20.8 Å². The third-order valence-electron chi connectivity index (χ3n) is 6.27. The molecule has 1 aliphatic rings. The fraction of sp³-hybridized carbons (Fsp3) is 0.478. The SMILES string of the molecule is Cc1c(CC(=O)N(C)C2CCS(=O)(=O)C2)c(=O)oc2cc3occ(C(C)(C)C)c3cc12. The van der Waals surface area contributed by atoms with Gasteiger partial charge in [-0.1, -0.05) is 20.8 Å². The van der Waals surface area contributed by atoms with Crippen molar-refractivity contribution >= 4 is 37.7 Å². The molecule has 166 valence electrons. The van der Waals surface area contributed by atoms with Gasteiger partial charge in [-0.05, 0) is 30.4 Å². The van der Waals surface area contributed by atoms with E-state index in [9.17, 15) is 18.0 Å². The summed E-state index contributed by atoms with van der Waals surface area (Å²) in [6.45, 7) is 8.11. The van der Waals surface area contributed by atoms with E-state index in [0.717, 1.165) is 16.3 Å². The molecule has 7 nitrogen and oxygen atoms in total. The molecule has 2 aromatic heterocycles. The molecule has 1 fully saturated rings. The van der Waals surface area contributed by atoms with Crippen LogP contribution in [-0.4, -0.2) is 43.8 Å². The van der Waals surface area contributed by atoms with Gasteiger partial charge in [0.05, 0.1) is 29.8 Å². The van der Waals surface area contributed by atoms with Crippen molar-refractivity contribution in [3.8, 4) is 0 Å². The summed E-state index contributed by atoms with van der Waals surface area (Å²) in [5, 5.41) is 1.70. The highest BCUT2D eigenvalue weighted by Gasteiger charge is 2.33. The quantitative estimate of drug-likeness (QED) is 0.574. The molecule has 4 rings (SSSR count). The smallest absolute Gasteiger partial charge is 0.340 e. The summed E-state index contributed by atoms with van der Waals surface area (Å²) in [5.74, 6) is -0.241. The van der Waals surface area contributed by atoms with Crippen LogP contribution in [-0.2, 0) is 26.5 Å². The van der Waals surface area contributed by atoms with Crippen LogP contribution in [0.2, 0.25) is 0 Å². The van der Waals surface area contributed by atoms with Gasteiger partial charge in [0.15, 0.2) is 9.84 Å². The van der Waals surface area contributed by atoms with Crippen LogP contribution in [0.4, 0.5) is 0 Å². The molecule has 1 atom stereocenters. The summed E-state index contributed by atoms with van der Waals surface area (Å²) < 4.78 is 34.7. The Morgan fingerprint density at radius 3 is 2.52 bits per heavy atom. The Morgan fingerprint density at radius 2 is 1.90 bits per heavy atom. The van der Waals surface area contributed by atoms with Crippen LogP contribution in [0.15, 0.2) is 32.0 Å². The molecule has 1 aliphatic heterocycles. The summed E-state index contributed by atoms with van der Waals surface area (Å²) in [7, 11) is -1.51. The highest BCUT2D eigenvalue weighted by molar-refractivity contribution is 7.91. The molecule has 0 saturated carbocycles. The molecule has 8 heteroatoms. The molecule has 1 aromatic carbocycles. The molecule has 0 aliphatic carbocycles. The Kier molecular flexibility index (Phi) is 5.04. The maximum Gasteiger partial charge on any atom is 0.340 e. The second-order valence-electron chi connectivity index (χ2n) is 9.48. The number of likely N-dealkylation sites (N-methyl/N-ethyl adjacent to an activating group) is 1. The third-order valence-corrected chi connectivity index (χ3v) is 8.02. The minimum absolute atomic E-state index is 0.0331. The Labute approximate surface area is 180 Å². The first kappa shape index (κ1) is 21.6. The van der Waals surface area contributed by atoms with Gasteiger partial charge < -0.3 is 13.7 Å². The van der Waals surface area contributed by atoms with Crippen LogP contribution in [0.5, 0.6) is 0 Å². The number of hydrogen-bond donors (Lipinski definition) is 0. The number of aryl methyl sites for hydroxylation is 1. The summed E-state index contributed by atoms with van der Waals surface area (Å²) >= 11 is 0. The number of nitrogens with zero attached hydrogens (tertiary/aromatic N) is 1. The zero-order chi connectivity index (χ0) is 22.7. The highest BCUT2D eigenvalue weighted by atomic mass is 32.2. The minimum Gasteiger partial charge on any atom is -0.464 e. The number of amides is 1. The van der Waals surface area contributed by atoms with Crippen molar-refractivity contribution in [2.45, 2.75) is 52.0 Å². The lowest BCUT2D eigenvalue weighted by Crippen LogP contribution is -2.39. The first-order valence-electron chi connectivity index (χ1n) is 10.3. The van der Waals surface area contributed by atoms with Crippen molar-refractivity contribution in [1.29, 1.82) is 0 Å². The highest BCUT2D eigenvalue weighted by Crippen LogP contribution is 2.35. The molecular weight excluding hydrogens is 418 g/mol. The van der Waals surface area contributed by atoms with Crippen LogP contribution in [0.1, 0.15) is 43.9 Å². The summed E-state index contributed by atoms with van der Waals surface area (Å²) in [6.07, 6.45) is 2.02. The largest absolute Gasteiger partial charge is 0.464 e. The zero-order valence-electron chi connectivity index (χ0n) is 18.4. The second-order valence-corrected chi connectivity index (χ2v) is 11.7. The number of benzene rings is 1. The lowest BCUT2D eigenvalue weighted by atomic mass is 9.86. The zero-order valence-corrected chi connectivity index (χ0v) is 19.3. The lowest BCUT2D eigenvalue weighted by Gasteiger charge is -2.23. The molecule has 0 spiro atoms. The van der Waals surface area contributed by atoms with Gasteiger partial charge >= 0.3 is 5.63 Å². The Bertz CT molecular complexity index is 1360. The van der Waals surface area contributed by atoms with E-state index in [-0.39, 0.29) is 35.3 Å². The number of carbonyl (C=O) groups is 1. The molecule has 3 aromatic rings. The third kappa shape index (κ3) is 3.89. The van der Waals surface area contributed by atoms with E-state index < -0.39 is 15.5 Å². The Morgan fingerprint density at radius 1 is 1.19 bits per heavy atom. The van der Waals surface area contributed by atoms with Gasteiger partial charge in [0.2, 0.25) is 5.91 Å². The summed E-state index contributed by atoms with van der Waals surface area (Å²) in [6, 6.07) is 3.31. The monoisotopic (exact) mass is 445 g/mol. The standard InChI is InChI=1S/C23H27NO6S/c1-13-15-8-17-18(23(2,3)4)11-29-19(17)10-20(15)30-22(26)16(13)9-21(25)24(5)14-6-7-31(27,28)12-14/h8,10-11,14H,6-7,9,12H2,1-5H3. The van der Waals surface area contributed by atoms with Crippen LogP contribution >= 0.6 is 0 Å². The first-order valence-corrected chi connectivity index (χ1v) is 12.1. The number of carbonyl (C=O) groups excluding carboxylic acids is 1. The van der Waals surface area contributed by atoms with Crippen molar-refractivity contribution in [2.24, 2.45) is 0 Å². The van der Waals surface area contributed by atoms with E-state index in [4.69, 9.17) is 8.83 Å². The van der Waals surface area contributed by atoms with Gasteiger partial charge in [0, 0.05) is 35.5 Å². The van der Waals surface area contributed by atoms with E-state index in [1.54, 1.807) is 19.4 Å². The van der Waals surface area contributed by atoms with E-state index in [1.165, 1.54) is 4.90 Å². The molecule has 1 amide bonds. The van der Waals surface area contributed by atoms with E-state index >= 15 is 0 Å². The summed E-state index contributed by atoms with van der Waals surface area (Å²) in [5.41, 5.74) is 2.41. The topological polar surface area (TPSA) is 97.8 Å². The maximum atomic E-state index is 12.8. The average Bonchev–Trinajstić information content (AvgIpc) is 3.25. The predicted molar refractivity (Wildman–Crippen MR) is 119 cm³/mol. The lowest BCUT2D eigenvalue weighted by molar-refractivity contribution is -0.130. The Balaban J connectivity index is 1.73. The number of furan rings is 1. The van der Waals surface area contributed by atoms with E-state index in [1.807, 2.05) is 13.0 Å². The molecule has 0 N–H and O–H groups in total. The average molecular weight is 446 g/mol. The van der Waals surface area contributed by atoms with Gasteiger partial charge in [0.25, 0.3) is 0 Å². The number of fused-ring (bicyclic) bond motifs is 2. The van der Waals surface area contributed by atoms with Gasteiger partial charge in [-0.3, -0.25) is 4.79 Å². The molecule has 1 unspecified atom stereocenters.